The Morgan fingerprint density at radius 1 is 0.571 bits per heavy atom. The first kappa shape index (κ1) is 38.2. The highest BCUT2D eigenvalue weighted by molar-refractivity contribution is 6.90. The van der Waals surface area contributed by atoms with Crippen molar-refractivity contribution in [3.8, 4) is 35.3 Å². The molecule has 0 unspecified atom stereocenters. The minimum absolute atomic E-state index is 0.578. The first-order valence-electron chi connectivity index (χ1n) is 17.7. The van der Waals surface area contributed by atoms with E-state index in [9.17, 15) is 0 Å². The third-order valence-electron chi connectivity index (χ3n) is 9.03. The van der Waals surface area contributed by atoms with E-state index in [1.807, 2.05) is 6.07 Å². The Hall–Kier alpha value is -1.84. The number of unbranched alkanes of at least 4 members (excludes halogenated alkanes) is 14. The molecule has 0 N–H and O–H groups in total. The number of hydrogen-bond donors (Lipinski definition) is 0. The number of benzene rings is 1. The fourth-order valence-electron chi connectivity index (χ4n) is 6.45. The minimum atomic E-state index is -1.89. The molecule has 42 heavy (non-hydrogen) atoms. The largest absolute Gasteiger partial charge is 0.492 e. The lowest BCUT2D eigenvalue weighted by atomic mass is 10.1. The highest BCUT2D eigenvalue weighted by Gasteiger charge is 2.41. The molecule has 1 rings (SSSR count). The molecule has 0 saturated carbocycles. The van der Waals surface area contributed by atoms with E-state index in [1.165, 1.54) is 89.9 Å². The molecule has 0 spiro atoms. The van der Waals surface area contributed by atoms with Gasteiger partial charge in [-0.2, -0.15) is 0 Å². The number of rotatable bonds is 23. The molecule has 0 saturated heterocycles. The predicted octanol–water partition coefficient (Wildman–Crippen LogP) is 12.3. The van der Waals surface area contributed by atoms with Crippen LogP contribution in [0.2, 0.25) is 16.6 Å². The van der Waals surface area contributed by atoms with E-state index in [1.54, 1.807) is 0 Å². The van der Waals surface area contributed by atoms with Gasteiger partial charge in [0.1, 0.15) is 19.6 Å². The Labute approximate surface area is 263 Å². The molecule has 1 aromatic carbocycles. The van der Waals surface area contributed by atoms with E-state index < -0.39 is 8.07 Å². The molecule has 3 heteroatoms. The lowest BCUT2D eigenvalue weighted by Crippen LogP contribution is -2.43. The van der Waals surface area contributed by atoms with E-state index in [2.05, 4.69) is 78.8 Å². The summed E-state index contributed by atoms with van der Waals surface area (Å²) in [7, 11) is -1.89. The van der Waals surface area contributed by atoms with Gasteiger partial charge in [-0.05, 0) is 29.5 Å². The van der Waals surface area contributed by atoms with Gasteiger partial charge in [0.25, 0.3) is 0 Å². The summed E-state index contributed by atoms with van der Waals surface area (Å²) < 4.78 is 12.7. The van der Waals surface area contributed by atoms with Crippen LogP contribution in [0.25, 0.3) is 0 Å². The van der Waals surface area contributed by atoms with Crippen molar-refractivity contribution in [2.24, 2.45) is 0 Å². The summed E-state index contributed by atoms with van der Waals surface area (Å²) >= 11 is 0. The van der Waals surface area contributed by atoms with Crippen molar-refractivity contribution in [2.45, 2.75) is 175 Å². The molecule has 0 aliphatic carbocycles. The topological polar surface area (TPSA) is 18.5 Å². The Kier molecular flexibility index (Phi) is 20.6. The Bertz CT molecular complexity index is 922. The van der Waals surface area contributed by atoms with Crippen molar-refractivity contribution in [3.05, 3.63) is 23.3 Å². The van der Waals surface area contributed by atoms with Crippen LogP contribution in [0.3, 0.4) is 0 Å². The summed E-state index contributed by atoms with van der Waals surface area (Å²) in [5.41, 5.74) is 7.33. The summed E-state index contributed by atoms with van der Waals surface area (Å²) in [6.07, 6.45) is 26.5. The second kappa shape index (κ2) is 22.7. The molecule has 2 nitrogen and oxygen atoms in total. The van der Waals surface area contributed by atoms with Crippen LogP contribution in [-0.4, -0.2) is 21.3 Å². The molecule has 0 atom stereocenters. The molecule has 0 aromatic heterocycles. The standard InChI is InChI=1S/C39H66O2Si/c1-10-13-15-17-19-21-23-25-28-40-38-32-37(27-30-42(33(4)5,34(6)7)35(8)9)39(31-36(38)12-3)41-29-26-24-22-20-18-16-14-11-2/h3,31-35H,10-11,13-26,28-29H2,1-2,4-9H3. The highest BCUT2D eigenvalue weighted by atomic mass is 28.3. The molecule has 0 aliphatic rings. The van der Waals surface area contributed by atoms with Gasteiger partial charge in [0.05, 0.1) is 24.3 Å². The summed E-state index contributed by atoms with van der Waals surface area (Å²) in [5, 5.41) is 0. The monoisotopic (exact) mass is 594 g/mol. The van der Waals surface area contributed by atoms with Gasteiger partial charge in [0.15, 0.2) is 0 Å². The highest BCUT2D eigenvalue weighted by Crippen LogP contribution is 2.41. The van der Waals surface area contributed by atoms with Crippen LogP contribution in [0.1, 0.15) is 169 Å². The van der Waals surface area contributed by atoms with Crippen molar-refractivity contribution >= 4 is 8.07 Å². The average Bonchev–Trinajstić information content (AvgIpc) is 2.95. The van der Waals surface area contributed by atoms with Gasteiger partial charge in [-0.15, -0.1) is 12.0 Å². The van der Waals surface area contributed by atoms with Gasteiger partial charge >= 0.3 is 0 Å². The predicted molar refractivity (Wildman–Crippen MR) is 189 cm³/mol. The van der Waals surface area contributed by atoms with E-state index >= 15 is 0 Å². The normalized spacial score (nSPS) is 11.6. The summed E-state index contributed by atoms with van der Waals surface area (Å²) in [6, 6.07) is 4.07. The van der Waals surface area contributed by atoms with Gasteiger partial charge < -0.3 is 9.47 Å². The van der Waals surface area contributed by atoms with E-state index in [4.69, 9.17) is 15.9 Å². The second-order valence-corrected chi connectivity index (χ2v) is 18.9. The van der Waals surface area contributed by atoms with E-state index in [0.29, 0.717) is 29.8 Å². The summed E-state index contributed by atoms with van der Waals surface area (Å²) in [5.74, 6) is 8.10. The third-order valence-corrected chi connectivity index (χ3v) is 15.3. The number of hydrogen-bond acceptors (Lipinski definition) is 2. The van der Waals surface area contributed by atoms with Crippen LogP contribution in [0.4, 0.5) is 0 Å². The Morgan fingerprint density at radius 2 is 0.929 bits per heavy atom. The molecule has 0 radical (unpaired) electrons. The first-order valence-corrected chi connectivity index (χ1v) is 19.9. The lowest BCUT2D eigenvalue weighted by molar-refractivity contribution is 0.295. The molecule has 0 fully saturated rings. The van der Waals surface area contributed by atoms with Crippen LogP contribution >= 0.6 is 0 Å². The summed E-state index contributed by atoms with van der Waals surface area (Å²) in [4.78, 5) is 0. The van der Waals surface area contributed by atoms with Crippen LogP contribution in [-0.2, 0) is 0 Å². The van der Waals surface area contributed by atoms with Gasteiger partial charge in [0, 0.05) is 12.1 Å². The van der Waals surface area contributed by atoms with Crippen molar-refractivity contribution in [2.75, 3.05) is 13.2 Å². The van der Waals surface area contributed by atoms with Crippen LogP contribution in [0, 0.1) is 23.8 Å². The van der Waals surface area contributed by atoms with Gasteiger partial charge in [-0.1, -0.05) is 157 Å². The fourth-order valence-corrected chi connectivity index (χ4v) is 11.7. The van der Waals surface area contributed by atoms with Crippen molar-refractivity contribution in [1.82, 2.24) is 0 Å². The molecular weight excluding hydrogens is 529 g/mol. The van der Waals surface area contributed by atoms with Crippen molar-refractivity contribution < 1.29 is 9.47 Å². The molecular formula is C39H66O2Si. The van der Waals surface area contributed by atoms with Gasteiger partial charge in [0.2, 0.25) is 0 Å². The second-order valence-electron chi connectivity index (χ2n) is 13.3. The minimum Gasteiger partial charge on any atom is -0.492 e. The first-order chi connectivity index (χ1) is 20.2. The lowest BCUT2D eigenvalue weighted by Gasteiger charge is -2.38. The quantitative estimate of drug-likeness (QED) is 0.0712. The molecule has 0 aliphatic heterocycles. The van der Waals surface area contributed by atoms with E-state index in [0.717, 1.165) is 35.5 Å². The molecule has 0 amide bonds. The zero-order chi connectivity index (χ0) is 31.2. The van der Waals surface area contributed by atoms with Crippen molar-refractivity contribution in [1.29, 1.82) is 0 Å². The number of terminal acetylenes is 1. The third kappa shape index (κ3) is 13.6. The van der Waals surface area contributed by atoms with Crippen LogP contribution in [0.5, 0.6) is 11.5 Å². The Balaban J connectivity index is 3.03. The van der Waals surface area contributed by atoms with Crippen LogP contribution < -0.4 is 9.47 Å². The maximum atomic E-state index is 6.39. The SMILES string of the molecule is C#Cc1cc(OCCCCCCCCCC)c(C#C[Si](C(C)C)(C(C)C)C(C)C)cc1OCCCCCCCCCC. The summed E-state index contributed by atoms with van der Waals surface area (Å²) in [6.45, 7) is 20.1. The zero-order valence-electron chi connectivity index (χ0n) is 29.0. The average molecular weight is 595 g/mol. The fraction of sp³-hybridized carbons (Fsp3) is 0.744. The molecule has 0 bridgehead atoms. The maximum Gasteiger partial charge on any atom is 0.146 e. The Morgan fingerprint density at radius 3 is 1.31 bits per heavy atom. The van der Waals surface area contributed by atoms with Gasteiger partial charge in [-0.25, -0.2) is 0 Å². The molecule has 1 aromatic rings. The molecule has 0 heterocycles. The van der Waals surface area contributed by atoms with Crippen LogP contribution in [0.15, 0.2) is 12.1 Å². The zero-order valence-corrected chi connectivity index (χ0v) is 30.0. The molecule has 238 valence electrons. The number of ether oxygens (including phenoxy) is 2. The maximum absolute atomic E-state index is 6.39. The van der Waals surface area contributed by atoms with E-state index in [-0.39, 0.29) is 0 Å². The van der Waals surface area contributed by atoms with Gasteiger partial charge in [-0.3, -0.25) is 0 Å². The smallest absolute Gasteiger partial charge is 0.146 e. The van der Waals surface area contributed by atoms with Crippen molar-refractivity contribution in [3.63, 3.8) is 0 Å².